The fraction of sp³-hybridized carbons (Fsp3) is 0.444. The maximum atomic E-state index is 12.3. The van der Waals surface area contributed by atoms with Crippen LogP contribution in [0.4, 0.5) is 0 Å². The maximum absolute atomic E-state index is 12.3. The van der Waals surface area contributed by atoms with Crippen molar-refractivity contribution < 1.29 is 24.2 Å². The molecule has 0 aliphatic carbocycles. The lowest BCUT2D eigenvalue weighted by molar-refractivity contribution is -0.141. The number of aliphatic hydroxyl groups is 1. The largest absolute Gasteiger partial charge is 0.507 e. The molecule has 0 bridgehead atoms. The van der Waals surface area contributed by atoms with Gasteiger partial charge in [0.1, 0.15) is 11.3 Å². The molecule has 6 heteroatoms. The Kier molecular flexibility index (Phi) is 6.31. The number of thioether (sulfide) groups is 1. The van der Waals surface area contributed by atoms with Crippen molar-refractivity contribution >= 4 is 23.5 Å². The number of carbonyl (C=O) groups is 2. The number of esters is 1. The summed E-state index contributed by atoms with van der Waals surface area (Å²) in [4.78, 5) is 24.2. The lowest BCUT2D eigenvalue weighted by atomic mass is 10.0. The molecule has 1 aromatic rings. The van der Waals surface area contributed by atoms with Crippen molar-refractivity contribution in [3.8, 4) is 5.75 Å². The zero-order valence-electron chi connectivity index (χ0n) is 14.1. The van der Waals surface area contributed by atoms with Gasteiger partial charge in [-0.3, -0.25) is 4.79 Å². The fourth-order valence-corrected chi connectivity index (χ4v) is 2.87. The molecule has 2 atom stereocenters. The Bertz CT molecular complexity index is 635. The Morgan fingerprint density at radius 3 is 2.62 bits per heavy atom. The number of cyclic esters (lactones) is 1. The smallest absolute Gasteiger partial charge is 0.346 e. The van der Waals surface area contributed by atoms with E-state index in [-0.39, 0.29) is 28.8 Å². The monoisotopic (exact) mass is 350 g/mol. The highest BCUT2D eigenvalue weighted by Gasteiger charge is 2.38. The summed E-state index contributed by atoms with van der Waals surface area (Å²) in [5.41, 5.74) is 0.768. The third kappa shape index (κ3) is 4.32. The Hall–Kier alpha value is -1.95. The van der Waals surface area contributed by atoms with E-state index in [1.807, 2.05) is 37.4 Å². The van der Waals surface area contributed by atoms with Crippen molar-refractivity contribution in [1.82, 2.24) is 0 Å². The van der Waals surface area contributed by atoms with Gasteiger partial charge in [-0.05, 0) is 30.4 Å². The van der Waals surface area contributed by atoms with Crippen molar-refractivity contribution in [1.29, 1.82) is 0 Å². The minimum atomic E-state index is -0.717. The second-order valence-electron chi connectivity index (χ2n) is 5.71. The third-order valence-electron chi connectivity index (χ3n) is 4.04. The van der Waals surface area contributed by atoms with Crippen LogP contribution >= 0.6 is 11.8 Å². The quantitative estimate of drug-likeness (QED) is 0.574. The number of hydrogen-bond donors (Lipinski definition) is 1. The molecule has 1 aromatic carbocycles. The Labute approximate surface area is 146 Å². The zero-order chi connectivity index (χ0) is 17.7. The van der Waals surface area contributed by atoms with E-state index in [1.165, 1.54) is 0 Å². The first-order chi connectivity index (χ1) is 11.5. The van der Waals surface area contributed by atoms with Crippen LogP contribution in [0.5, 0.6) is 5.75 Å². The van der Waals surface area contributed by atoms with Crippen molar-refractivity contribution in [3.05, 3.63) is 41.2 Å². The molecule has 130 valence electrons. The van der Waals surface area contributed by atoms with Crippen LogP contribution in [0.2, 0.25) is 0 Å². The van der Waals surface area contributed by atoms with Gasteiger partial charge in [0.25, 0.3) is 0 Å². The Balaban J connectivity index is 2.00. The summed E-state index contributed by atoms with van der Waals surface area (Å²) in [6.45, 7) is 1.98. The summed E-state index contributed by atoms with van der Waals surface area (Å²) in [7, 11) is 1.59. The number of Topliss-reactive ketones (excluding diaryl/α,β-unsaturated/α-hetero) is 1. The average Bonchev–Trinajstić information content (AvgIpc) is 2.86. The fourth-order valence-electron chi connectivity index (χ4n) is 2.50. The minimum absolute atomic E-state index is 0.144. The molecule has 0 saturated carbocycles. The van der Waals surface area contributed by atoms with Crippen LogP contribution in [0.15, 0.2) is 35.6 Å². The topological polar surface area (TPSA) is 72.8 Å². The first kappa shape index (κ1) is 18.4. The summed E-state index contributed by atoms with van der Waals surface area (Å²) in [6, 6.07) is 7.38. The number of rotatable bonds is 8. The van der Waals surface area contributed by atoms with Crippen molar-refractivity contribution in [2.75, 3.05) is 13.4 Å². The van der Waals surface area contributed by atoms with E-state index in [0.29, 0.717) is 12.8 Å². The van der Waals surface area contributed by atoms with Crippen LogP contribution in [0.3, 0.4) is 0 Å². The van der Waals surface area contributed by atoms with Crippen molar-refractivity contribution in [3.63, 3.8) is 0 Å². The predicted molar refractivity (Wildman–Crippen MR) is 93.5 cm³/mol. The van der Waals surface area contributed by atoms with E-state index in [2.05, 4.69) is 0 Å². The highest BCUT2D eigenvalue weighted by atomic mass is 32.2. The molecule has 0 fully saturated rings. The molecular weight excluding hydrogens is 328 g/mol. The van der Waals surface area contributed by atoms with Gasteiger partial charge in [0.2, 0.25) is 0 Å². The molecule has 2 rings (SSSR count). The van der Waals surface area contributed by atoms with Gasteiger partial charge >= 0.3 is 5.97 Å². The lowest BCUT2D eigenvalue weighted by Crippen LogP contribution is -2.16. The second kappa shape index (κ2) is 8.24. The first-order valence-electron chi connectivity index (χ1n) is 7.79. The van der Waals surface area contributed by atoms with E-state index in [9.17, 15) is 14.7 Å². The molecule has 1 N–H and O–H groups in total. The van der Waals surface area contributed by atoms with E-state index < -0.39 is 12.1 Å². The van der Waals surface area contributed by atoms with Gasteiger partial charge in [-0.2, -0.15) is 11.8 Å². The van der Waals surface area contributed by atoms with Crippen molar-refractivity contribution in [2.45, 2.75) is 37.5 Å². The lowest BCUT2D eigenvalue weighted by Gasteiger charge is -2.13. The number of aryl methyl sites for hydroxylation is 1. The number of ether oxygens (including phenoxy) is 2. The number of carbonyl (C=O) groups excluding carboxylic acids is 2. The number of methoxy groups -OCH3 is 1. The molecule has 24 heavy (non-hydrogen) atoms. The van der Waals surface area contributed by atoms with Gasteiger partial charge in [0.15, 0.2) is 17.6 Å². The average molecular weight is 350 g/mol. The number of ketones is 1. The van der Waals surface area contributed by atoms with E-state index in [4.69, 9.17) is 9.47 Å². The Morgan fingerprint density at radius 1 is 1.38 bits per heavy atom. The van der Waals surface area contributed by atoms with Gasteiger partial charge in [-0.15, -0.1) is 0 Å². The number of aliphatic hydroxyl groups excluding tert-OH is 1. The van der Waals surface area contributed by atoms with E-state index in [1.54, 1.807) is 18.9 Å². The van der Waals surface area contributed by atoms with Gasteiger partial charge in [-0.25, -0.2) is 4.79 Å². The summed E-state index contributed by atoms with van der Waals surface area (Å²) in [5.74, 6) is -0.575. The SMILES string of the molecule is COc1ccc(CCC(=O)C2=C(O)C(CC(C)SC)OC2=O)cc1. The summed E-state index contributed by atoms with van der Waals surface area (Å²) in [6.07, 6.45) is 2.36. The summed E-state index contributed by atoms with van der Waals surface area (Å²) in [5, 5.41) is 10.4. The van der Waals surface area contributed by atoms with Gasteiger partial charge in [0, 0.05) is 18.1 Å². The van der Waals surface area contributed by atoms with Crippen LogP contribution in [0.25, 0.3) is 0 Å². The number of benzene rings is 1. The molecule has 1 aliphatic rings. The zero-order valence-corrected chi connectivity index (χ0v) is 14.9. The Morgan fingerprint density at radius 2 is 2.04 bits per heavy atom. The molecule has 0 aromatic heterocycles. The molecule has 1 heterocycles. The van der Waals surface area contributed by atoms with E-state index >= 15 is 0 Å². The van der Waals surface area contributed by atoms with Gasteiger partial charge < -0.3 is 14.6 Å². The second-order valence-corrected chi connectivity index (χ2v) is 6.98. The maximum Gasteiger partial charge on any atom is 0.346 e. The normalized spacial score (nSPS) is 18.5. The summed E-state index contributed by atoms with van der Waals surface area (Å²) >= 11 is 1.61. The minimum Gasteiger partial charge on any atom is -0.507 e. The highest BCUT2D eigenvalue weighted by molar-refractivity contribution is 7.99. The molecule has 2 unspecified atom stereocenters. The highest BCUT2D eigenvalue weighted by Crippen LogP contribution is 2.28. The molecular formula is C18H22O5S. The standard InChI is InChI=1S/C18H22O5S/c1-11(24-3)10-15-17(20)16(18(21)23-15)14(19)9-6-12-4-7-13(22-2)8-5-12/h4-5,7-8,11,15,20H,6,9-10H2,1-3H3. The van der Waals surface area contributed by atoms with Gasteiger partial charge in [0.05, 0.1) is 7.11 Å². The van der Waals surface area contributed by atoms with Crippen LogP contribution in [0, 0.1) is 0 Å². The molecule has 0 saturated heterocycles. The molecule has 0 spiro atoms. The van der Waals surface area contributed by atoms with Crippen LogP contribution in [-0.4, -0.2) is 41.6 Å². The molecule has 1 aliphatic heterocycles. The number of hydrogen-bond acceptors (Lipinski definition) is 6. The predicted octanol–water partition coefficient (Wildman–Crippen LogP) is 3.08. The van der Waals surface area contributed by atoms with Gasteiger partial charge in [-0.1, -0.05) is 19.1 Å². The third-order valence-corrected chi connectivity index (χ3v) is 5.04. The van der Waals surface area contributed by atoms with Crippen LogP contribution in [-0.2, 0) is 20.7 Å². The summed E-state index contributed by atoms with van der Waals surface area (Å²) < 4.78 is 10.2. The molecule has 0 amide bonds. The van der Waals surface area contributed by atoms with Crippen LogP contribution in [0.1, 0.15) is 25.3 Å². The molecule has 0 radical (unpaired) electrons. The molecule has 5 nitrogen and oxygen atoms in total. The van der Waals surface area contributed by atoms with Crippen molar-refractivity contribution in [2.24, 2.45) is 0 Å². The first-order valence-corrected chi connectivity index (χ1v) is 9.08. The van der Waals surface area contributed by atoms with E-state index in [0.717, 1.165) is 11.3 Å². The van der Waals surface area contributed by atoms with Crippen LogP contribution < -0.4 is 4.74 Å².